The molecule has 0 spiro atoms. The van der Waals surface area contributed by atoms with E-state index in [1.807, 2.05) is 0 Å². The van der Waals surface area contributed by atoms with Gasteiger partial charge in [0.25, 0.3) is 0 Å². The van der Waals surface area contributed by atoms with Crippen molar-refractivity contribution in [3.8, 4) is 0 Å². The fourth-order valence-electron chi connectivity index (χ4n) is 1.94. The fourth-order valence-corrected chi connectivity index (χ4v) is 1.94. The predicted octanol–water partition coefficient (Wildman–Crippen LogP) is 1.27. The molecule has 1 aromatic carbocycles. The van der Waals surface area contributed by atoms with Gasteiger partial charge in [-0.25, -0.2) is 13.9 Å². The number of nitrogen functional groups attached to an aromatic ring is 1. The molecule has 2 heterocycles. The number of anilines is 1. The molecule has 0 radical (unpaired) electrons. The minimum atomic E-state index is -0.388. The second-order valence-electron chi connectivity index (χ2n) is 4.21. The van der Waals surface area contributed by atoms with Crippen LogP contribution in [0.1, 0.15) is 5.56 Å². The van der Waals surface area contributed by atoms with Gasteiger partial charge < -0.3 is 5.73 Å². The molecule has 2 N–H and O–H groups in total. The second kappa shape index (κ2) is 4.24. The molecule has 96 valence electrons. The number of hydrogen-bond donors (Lipinski definition) is 1. The quantitative estimate of drug-likeness (QED) is 0.704. The zero-order chi connectivity index (χ0) is 13.4. The van der Waals surface area contributed by atoms with E-state index in [1.54, 1.807) is 24.4 Å². The zero-order valence-electron chi connectivity index (χ0n) is 9.95. The van der Waals surface area contributed by atoms with Crippen LogP contribution < -0.4 is 11.4 Å². The lowest BCUT2D eigenvalue weighted by Gasteiger charge is -2.04. The Labute approximate surface area is 107 Å². The summed E-state index contributed by atoms with van der Waals surface area (Å²) >= 11 is 0. The molecule has 0 saturated heterocycles. The Bertz CT molecular complexity index is 806. The molecular weight excluding hydrogens is 247 g/mol. The molecule has 0 amide bonds. The molecule has 3 aromatic rings. The van der Waals surface area contributed by atoms with Gasteiger partial charge in [-0.15, -0.1) is 5.10 Å². The van der Waals surface area contributed by atoms with Crippen LogP contribution in [0.5, 0.6) is 0 Å². The first-order chi connectivity index (χ1) is 9.15. The third-order valence-corrected chi connectivity index (χ3v) is 2.91. The van der Waals surface area contributed by atoms with Crippen molar-refractivity contribution in [3.05, 3.63) is 64.5 Å². The van der Waals surface area contributed by atoms with E-state index in [0.717, 1.165) is 0 Å². The topological polar surface area (TPSA) is 65.3 Å². The maximum absolute atomic E-state index is 13.2. The van der Waals surface area contributed by atoms with Gasteiger partial charge in [0.05, 0.1) is 6.54 Å². The Morgan fingerprint density at radius 1 is 1.26 bits per heavy atom. The standard InChI is InChI=1S/C13H11FN4O/c14-10-4-5-11(15)9(7-10)8-18-13(19)17-6-2-1-3-12(17)16-18/h1-7H,8,15H2. The van der Waals surface area contributed by atoms with Crippen molar-refractivity contribution in [1.82, 2.24) is 14.2 Å². The molecule has 6 heteroatoms. The molecule has 3 rings (SSSR count). The van der Waals surface area contributed by atoms with Crippen LogP contribution in [-0.4, -0.2) is 14.2 Å². The number of nitrogens with zero attached hydrogens (tertiary/aromatic N) is 3. The van der Waals surface area contributed by atoms with Gasteiger partial charge in [0.1, 0.15) is 5.82 Å². The van der Waals surface area contributed by atoms with Crippen molar-refractivity contribution in [1.29, 1.82) is 0 Å². The lowest BCUT2D eigenvalue weighted by molar-refractivity contribution is 0.616. The van der Waals surface area contributed by atoms with E-state index in [9.17, 15) is 9.18 Å². The SMILES string of the molecule is Nc1ccc(F)cc1Cn1nc2ccccn2c1=O. The highest BCUT2D eigenvalue weighted by atomic mass is 19.1. The number of aromatic nitrogens is 3. The third kappa shape index (κ3) is 1.97. The molecule has 0 fully saturated rings. The largest absolute Gasteiger partial charge is 0.398 e. The van der Waals surface area contributed by atoms with E-state index < -0.39 is 0 Å². The molecule has 0 unspecified atom stereocenters. The number of halogens is 1. The van der Waals surface area contributed by atoms with E-state index in [1.165, 1.54) is 27.3 Å². The monoisotopic (exact) mass is 258 g/mol. The summed E-state index contributed by atoms with van der Waals surface area (Å²) < 4.78 is 15.9. The Morgan fingerprint density at radius 3 is 2.89 bits per heavy atom. The Kier molecular flexibility index (Phi) is 2.56. The maximum Gasteiger partial charge on any atom is 0.350 e. The fraction of sp³-hybridized carbons (Fsp3) is 0.0769. The molecule has 0 saturated carbocycles. The number of fused-ring (bicyclic) bond motifs is 1. The van der Waals surface area contributed by atoms with Crippen molar-refractivity contribution >= 4 is 11.3 Å². The molecule has 2 aromatic heterocycles. The lowest BCUT2D eigenvalue weighted by atomic mass is 10.2. The van der Waals surface area contributed by atoms with Crippen molar-refractivity contribution in [2.24, 2.45) is 0 Å². The molecule has 19 heavy (non-hydrogen) atoms. The van der Waals surface area contributed by atoms with E-state index in [0.29, 0.717) is 16.9 Å². The van der Waals surface area contributed by atoms with Crippen molar-refractivity contribution in [2.45, 2.75) is 6.54 Å². The van der Waals surface area contributed by atoms with Crippen LogP contribution in [-0.2, 0) is 6.54 Å². The van der Waals surface area contributed by atoms with Crippen LogP contribution in [0.15, 0.2) is 47.4 Å². The molecular formula is C13H11FN4O. The first-order valence-electron chi connectivity index (χ1n) is 5.73. The van der Waals surface area contributed by atoms with Crippen molar-refractivity contribution < 1.29 is 4.39 Å². The van der Waals surface area contributed by atoms with Gasteiger partial charge in [0.2, 0.25) is 0 Å². The first-order valence-corrected chi connectivity index (χ1v) is 5.73. The molecule has 0 bridgehead atoms. The normalized spacial score (nSPS) is 11.0. The minimum absolute atomic E-state index is 0.143. The summed E-state index contributed by atoms with van der Waals surface area (Å²) in [5.74, 6) is -0.388. The first kappa shape index (κ1) is 11.5. The van der Waals surface area contributed by atoms with Crippen LogP contribution in [0.2, 0.25) is 0 Å². The van der Waals surface area contributed by atoms with Crippen molar-refractivity contribution in [2.75, 3.05) is 5.73 Å². The Hall–Kier alpha value is -2.63. The summed E-state index contributed by atoms with van der Waals surface area (Å²) in [6.45, 7) is 0.143. The van der Waals surface area contributed by atoms with E-state index >= 15 is 0 Å². The van der Waals surface area contributed by atoms with Gasteiger partial charge in [-0.2, -0.15) is 0 Å². The van der Waals surface area contributed by atoms with Crippen LogP contribution in [0.4, 0.5) is 10.1 Å². The highest BCUT2D eigenvalue weighted by Crippen LogP contribution is 2.14. The van der Waals surface area contributed by atoms with Crippen LogP contribution in [0.25, 0.3) is 5.65 Å². The van der Waals surface area contributed by atoms with Crippen LogP contribution >= 0.6 is 0 Å². The lowest BCUT2D eigenvalue weighted by Crippen LogP contribution is -2.22. The van der Waals surface area contributed by atoms with E-state index in [-0.39, 0.29) is 18.1 Å². The zero-order valence-corrected chi connectivity index (χ0v) is 9.95. The average Bonchev–Trinajstić information content (AvgIpc) is 2.72. The summed E-state index contributed by atoms with van der Waals surface area (Å²) in [6.07, 6.45) is 1.64. The molecule has 5 nitrogen and oxygen atoms in total. The number of rotatable bonds is 2. The summed E-state index contributed by atoms with van der Waals surface area (Å²) in [6, 6.07) is 9.34. The number of nitrogens with two attached hydrogens (primary N) is 1. The van der Waals surface area contributed by atoms with E-state index in [4.69, 9.17) is 5.73 Å². The highest BCUT2D eigenvalue weighted by molar-refractivity contribution is 5.47. The number of benzene rings is 1. The summed E-state index contributed by atoms with van der Waals surface area (Å²) in [5.41, 5.74) is 7.00. The summed E-state index contributed by atoms with van der Waals surface area (Å²) in [5, 5.41) is 4.17. The summed E-state index contributed by atoms with van der Waals surface area (Å²) in [7, 11) is 0. The number of pyridine rings is 1. The Morgan fingerprint density at radius 2 is 2.11 bits per heavy atom. The molecule has 0 aliphatic carbocycles. The van der Waals surface area contributed by atoms with Crippen molar-refractivity contribution in [3.63, 3.8) is 0 Å². The van der Waals surface area contributed by atoms with Gasteiger partial charge in [-0.05, 0) is 35.9 Å². The van der Waals surface area contributed by atoms with Gasteiger partial charge in [-0.3, -0.25) is 4.40 Å². The second-order valence-corrected chi connectivity index (χ2v) is 4.21. The van der Waals surface area contributed by atoms with Crippen LogP contribution in [0.3, 0.4) is 0 Å². The molecule has 0 aliphatic heterocycles. The van der Waals surface area contributed by atoms with E-state index in [2.05, 4.69) is 5.10 Å². The van der Waals surface area contributed by atoms with Gasteiger partial charge in [-0.1, -0.05) is 6.07 Å². The smallest absolute Gasteiger partial charge is 0.350 e. The van der Waals surface area contributed by atoms with Crippen LogP contribution in [0, 0.1) is 5.82 Å². The van der Waals surface area contributed by atoms with Gasteiger partial charge in [0, 0.05) is 11.9 Å². The van der Waals surface area contributed by atoms with Gasteiger partial charge in [0.15, 0.2) is 5.65 Å². The average molecular weight is 258 g/mol. The summed E-state index contributed by atoms with van der Waals surface area (Å²) in [4.78, 5) is 12.1. The van der Waals surface area contributed by atoms with Gasteiger partial charge >= 0.3 is 5.69 Å². The number of hydrogen-bond acceptors (Lipinski definition) is 3. The minimum Gasteiger partial charge on any atom is -0.398 e. The molecule has 0 atom stereocenters. The highest BCUT2D eigenvalue weighted by Gasteiger charge is 2.08. The molecule has 0 aliphatic rings. The Balaban J connectivity index is 2.08. The third-order valence-electron chi connectivity index (χ3n) is 2.91. The maximum atomic E-state index is 13.2. The predicted molar refractivity (Wildman–Crippen MR) is 69.4 cm³/mol.